The molecule has 0 atom stereocenters. The first kappa shape index (κ1) is 19.3. The second-order valence-electron chi connectivity index (χ2n) is 5.84. The fourth-order valence-electron chi connectivity index (χ4n) is 2.80. The fourth-order valence-corrected chi connectivity index (χ4v) is 2.80. The summed E-state index contributed by atoms with van der Waals surface area (Å²) >= 11 is 0. The first-order valence-corrected chi connectivity index (χ1v) is 8.72. The Labute approximate surface area is 163 Å². The molecule has 3 aromatic rings. The summed E-state index contributed by atoms with van der Waals surface area (Å²) in [6, 6.07) is 9.46. The van der Waals surface area contributed by atoms with Crippen LogP contribution in [-0.4, -0.2) is 48.9 Å². The van der Waals surface area contributed by atoms with Crippen LogP contribution in [0.1, 0.15) is 11.4 Å². The predicted molar refractivity (Wildman–Crippen MR) is 106 cm³/mol. The van der Waals surface area contributed by atoms with E-state index in [1.165, 1.54) is 0 Å². The molecule has 9 heteroatoms. The van der Waals surface area contributed by atoms with Crippen LogP contribution in [0.15, 0.2) is 41.5 Å². The van der Waals surface area contributed by atoms with E-state index >= 15 is 0 Å². The Hall–Kier alpha value is -3.49. The maximum atomic E-state index is 5.46. The second kappa shape index (κ2) is 8.94. The number of aromatic nitrogens is 3. The second-order valence-corrected chi connectivity index (χ2v) is 5.84. The summed E-state index contributed by atoms with van der Waals surface area (Å²) in [6.07, 6.45) is 1.93. The highest BCUT2D eigenvalue weighted by molar-refractivity contribution is 5.79. The third-order valence-corrected chi connectivity index (χ3v) is 4.25. The number of hydrogen-bond acceptors (Lipinski definition) is 6. The lowest BCUT2D eigenvalue weighted by Gasteiger charge is -2.16. The number of pyridine rings is 1. The number of rotatable bonds is 7. The SMILES string of the molecule is CN=C(NCc1cc(OC)c(OC)cc1OC)NCc1nnc2ccccn12. The number of nitrogens with one attached hydrogen (secondary N) is 2. The first-order valence-electron chi connectivity index (χ1n) is 8.72. The van der Waals surface area contributed by atoms with Crippen molar-refractivity contribution in [3.8, 4) is 17.2 Å². The van der Waals surface area contributed by atoms with Gasteiger partial charge in [0, 0.05) is 31.4 Å². The number of fused-ring (bicyclic) bond motifs is 1. The van der Waals surface area contributed by atoms with Crippen LogP contribution < -0.4 is 24.8 Å². The summed E-state index contributed by atoms with van der Waals surface area (Å²) in [5.41, 5.74) is 1.72. The Bertz CT molecular complexity index is 969. The van der Waals surface area contributed by atoms with E-state index in [1.807, 2.05) is 34.9 Å². The standard InChI is InChI=1S/C19H24N6O3/c1-20-19(22-12-18-24-23-17-7-5-6-8-25(17)18)21-11-13-9-15(27-3)16(28-4)10-14(13)26-2/h5-10H,11-12H2,1-4H3,(H2,20,21,22). The maximum absolute atomic E-state index is 5.46. The van der Waals surface area contributed by atoms with Crippen molar-refractivity contribution in [1.29, 1.82) is 0 Å². The third kappa shape index (κ3) is 4.08. The summed E-state index contributed by atoms with van der Waals surface area (Å²) in [5.74, 6) is 3.37. The van der Waals surface area contributed by atoms with E-state index in [9.17, 15) is 0 Å². The highest BCUT2D eigenvalue weighted by atomic mass is 16.5. The predicted octanol–water partition coefficient (Wildman–Crippen LogP) is 1.62. The van der Waals surface area contributed by atoms with Gasteiger partial charge in [-0.15, -0.1) is 10.2 Å². The Balaban J connectivity index is 1.67. The minimum Gasteiger partial charge on any atom is -0.496 e. The largest absolute Gasteiger partial charge is 0.496 e. The van der Waals surface area contributed by atoms with Gasteiger partial charge in [-0.25, -0.2) is 0 Å². The van der Waals surface area contributed by atoms with E-state index in [2.05, 4.69) is 25.8 Å². The molecule has 0 radical (unpaired) electrons. The lowest BCUT2D eigenvalue weighted by molar-refractivity contribution is 0.347. The number of hydrogen-bond donors (Lipinski definition) is 2. The number of guanidine groups is 1. The molecule has 0 saturated heterocycles. The van der Waals surface area contributed by atoms with Gasteiger partial charge in [-0.1, -0.05) is 6.07 Å². The maximum Gasteiger partial charge on any atom is 0.191 e. The molecule has 2 heterocycles. The molecule has 1 aromatic carbocycles. The average Bonchev–Trinajstić information content (AvgIpc) is 3.16. The first-order chi connectivity index (χ1) is 13.7. The van der Waals surface area contributed by atoms with Crippen LogP contribution in [0.2, 0.25) is 0 Å². The third-order valence-electron chi connectivity index (χ3n) is 4.25. The van der Waals surface area contributed by atoms with Crippen LogP contribution in [0.25, 0.3) is 5.65 Å². The van der Waals surface area contributed by atoms with Crippen LogP contribution in [0.5, 0.6) is 17.2 Å². The summed E-state index contributed by atoms with van der Waals surface area (Å²) in [6.45, 7) is 0.970. The lowest BCUT2D eigenvalue weighted by Crippen LogP contribution is -2.36. The molecule has 0 bridgehead atoms. The number of ether oxygens (including phenoxy) is 3. The zero-order valence-electron chi connectivity index (χ0n) is 16.4. The van der Waals surface area contributed by atoms with Crippen molar-refractivity contribution in [1.82, 2.24) is 25.2 Å². The Morgan fingerprint density at radius 3 is 2.39 bits per heavy atom. The molecule has 0 amide bonds. The molecular formula is C19H24N6O3. The Morgan fingerprint density at radius 1 is 0.964 bits per heavy atom. The van der Waals surface area contributed by atoms with E-state index in [0.717, 1.165) is 17.0 Å². The smallest absolute Gasteiger partial charge is 0.191 e. The molecule has 2 aromatic heterocycles. The number of benzene rings is 1. The molecule has 28 heavy (non-hydrogen) atoms. The average molecular weight is 384 g/mol. The van der Waals surface area contributed by atoms with Crippen LogP contribution in [-0.2, 0) is 13.1 Å². The fraction of sp³-hybridized carbons (Fsp3) is 0.316. The van der Waals surface area contributed by atoms with Crippen LogP contribution in [0, 0.1) is 0 Å². The molecule has 9 nitrogen and oxygen atoms in total. The van der Waals surface area contributed by atoms with Crippen LogP contribution in [0.4, 0.5) is 0 Å². The molecule has 0 aliphatic heterocycles. The van der Waals surface area contributed by atoms with Gasteiger partial charge < -0.3 is 24.8 Å². The van der Waals surface area contributed by atoms with Gasteiger partial charge in [0.15, 0.2) is 28.9 Å². The van der Waals surface area contributed by atoms with Gasteiger partial charge in [-0.05, 0) is 18.2 Å². The topological polar surface area (TPSA) is 94.3 Å². The number of methoxy groups -OCH3 is 3. The van der Waals surface area contributed by atoms with Crippen molar-refractivity contribution < 1.29 is 14.2 Å². The van der Waals surface area contributed by atoms with Crippen molar-refractivity contribution in [3.05, 3.63) is 47.9 Å². The number of nitrogens with zero attached hydrogens (tertiary/aromatic N) is 4. The summed E-state index contributed by atoms with van der Waals surface area (Å²) in [7, 11) is 6.53. The molecule has 0 unspecified atom stereocenters. The van der Waals surface area contributed by atoms with Gasteiger partial charge in [0.2, 0.25) is 0 Å². The van der Waals surface area contributed by atoms with Crippen molar-refractivity contribution >= 4 is 11.6 Å². The molecule has 2 N–H and O–H groups in total. The summed E-state index contributed by atoms with van der Waals surface area (Å²) < 4.78 is 18.1. The molecule has 0 saturated carbocycles. The van der Waals surface area contributed by atoms with Crippen molar-refractivity contribution in [2.24, 2.45) is 4.99 Å². The van der Waals surface area contributed by atoms with Gasteiger partial charge in [0.05, 0.1) is 27.9 Å². The van der Waals surface area contributed by atoms with Crippen molar-refractivity contribution in [2.45, 2.75) is 13.1 Å². The van der Waals surface area contributed by atoms with Gasteiger partial charge in [-0.3, -0.25) is 9.39 Å². The molecule has 0 spiro atoms. The van der Waals surface area contributed by atoms with E-state index in [-0.39, 0.29) is 0 Å². The highest BCUT2D eigenvalue weighted by Gasteiger charge is 2.12. The van der Waals surface area contributed by atoms with Crippen LogP contribution >= 0.6 is 0 Å². The molecule has 148 valence electrons. The minimum atomic E-state index is 0.480. The zero-order chi connectivity index (χ0) is 19.9. The van der Waals surface area contributed by atoms with Gasteiger partial charge in [-0.2, -0.15) is 0 Å². The van der Waals surface area contributed by atoms with E-state index < -0.39 is 0 Å². The van der Waals surface area contributed by atoms with Crippen LogP contribution in [0.3, 0.4) is 0 Å². The van der Waals surface area contributed by atoms with E-state index in [0.29, 0.717) is 36.3 Å². The van der Waals surface area contributed by atoms with Gasteiger partial charge in [0.25, 0.3) is 0 Å². The number of aliphatic imine (C=N–C) groups is 1. The molecule has 0 aliphatic carbocycles. The molecule has 3 rings (SSSR count). The quantitative estimate of drug-likeness (QED) is 0.472. The Kier molecular flexibility index (Phi) is 6.15. The summed E-state index contributed by atoms with van der Waals surface area (Å²) in [5, 5.41) is 14.9. The van der Waals surface area contributed by atoms with Gasteiger partial charge in [0.1, 0.15) is 5.75 Å². The van der Waals surface area contributed by atoms with Crippen molar-refractivity contribution in [2.75, 3.05) is 28.4 Å². The monoisotopic (exact) mass is 384 g/mol. The zero-order valence-corrected chi connectivity index (χ0v) is 16.4. The normalized spacial score (nSPS) is 11.4. The van der Waals surface area contributed by atoms with Gasteiger partial charge >= 0.3 is 0 Å². The van der Waals surface area contributed by atoms with E-state index in [4.69, 9.17) is 14.2 Å². The Morgan fingerprint density at radius 2 is 1.68 bits per heavy atom. The van der Waals surface area contributed by atoms with Crippen molar-refractivity contribution in [3.63, 3.8) is 0 Å². The van der Waals surface area contributed by atoms with E-state index in [1.54, 1.807) is 34.4 Å². The highest BCUT2D eigenvalue weighted by Crippen LogP contribution is 2.34. The molecule has 0 fully saturated rings. The molecule has 0 aliphatic rings. The lowest BCUT2D eigenvalue weighted by atomic mass is 10.1. The molecular weight excluding hydrogens is 360 g/mol. The summed E-state index contributed by atoms with van der Waals surface area (Å²) in [4.78, 5) is 4.25. The minimum absolute atomic E-state index is 0.480.